The molecule has 0 N–H and O–H groups in total. The lowest BCUT2D eigenvalue weighted by Crippen LogP contribution is -2.65. The van der Waals surface area contributed by atoms with Crippen LogP contribution in [0.25, 0.3) is 10.2 Å². The molecule has 3 aromatic rings. The minimum atomic E-state index is -0.821. The highest BCUT2D eigenvalue weighted by Gasteiger charge is 2.52. The Hall–Kier alpha value is -1.81. The van der Waals surface area contributed by atoms with Crippen molar-refractivity contribution in [3.05, 3.63) is 72.3 Å². The highest BCUT2D eigenvalue weighted by atomic mass is 79.9. The summed E-state index contributed by atoms with van der Waals surface area (Å²) in [5, 5.41) is -0.240. The van der Waals surface area contributed by atoms with Crippen molar-refractivity contribution in [2.45, 2.75) is 34.1 Å². The molecule has 0 saturated carbocycles. The van der Waals surface area contributed by atoms with E-state index in [-0.39, 0.29) is 22.7 Å². The SMILES string of the molecule is C=C(C)C(C(=O)OCc1ccccc1)N1C(=O)[C@H](Br)[C@H]1SSc1nc2ccccc2s1. The fraction of sp³-hybridized carbons (Fsp3) is 0.227. The van der Waals surface area contributed by atoms with E-state index in [0.29, 0.717) is 5.57 Å². The predicted octanol–water partition coefficient (Wildman–Crippen LogP) is 5.66. The summed E-state index contributed by atoms with van der Waals surface area (Å²) in [7, 11) is 3.01. The topological polar surface area (TPSA) is 59.5 Å². The number of amides is 1. The van der Waals surface area contributed by atoms with Gasteiger partial charge in [0.2, 0.25) is 5.91 Å². The van der Waals surface area contributed by atoms with Crippen LogP contribution in [0.1, 0.15) is 12.5 Å². The Labute approximate surface area is 200 Å². The first kappa shape index (κ1) is 22.4. The van der Waals surface area contributed by atoms with E-state index in [0.717, 1.165) is 20.1 Å². The molecule has 3 atom stereocenters. The Bertz CT molecular complexity index is 1090. The number of hydrogen-bond donors (Lipinski definition) is 0. The van der Waals surface area contributed by atoms with Crippen molar-refractivity contribution in [1.82, 2.24) is 9.88 Å². The maximum Gasteiger partial charge on any atom is 0.333 e. The molecule has 0 bridgehead atoms. The third-order valence-electron chi connectivity index (χ3n) is 4.70. The molecule has 5 nitrogen and oxygen atoms in total. The van der Waals surface area contributed by atoms with E-state index in [4.69, 9.17) is 4.74 Å². The van der Waals surface area contributed by atoms with Crippen molar-refractivity contribution >= 4 is 70.9 Å². The summed E-state index contributed by atoms with van der Waals surface area (Å²) < 4.78 is 7.53. The van der Waals surface area contributed by atoms with Crippen LogP contribution in [0.2, 0.25) is 0 Å². The molecule has 160 valence electrons. The van der Waals surface area contributed by atoms with Gasteiger partial charge >= 0.3 is 5.97 Å². The second-order valence-electron chi connectivity index (χ2n) is 7.01. The highest BCUT2D eigenvalue weighted by molar-refractivity contribution is 9.10. The van der Waals surface area contributed by atoms with Crippen LogP contribution in [0.4, 0.5) is 0 Å². The minimum absolute atomic E-state index is 0.146. The standard InChI is InChI=1S/C22H19BrN2O3S3/c1-13(2)18(21(27)28-12-14-8-4-3-5-9-14)25-19(26)17(23)20(25)30-31-22-24-15-10-6-7-11-16(15)29-22/h3-11,17-18,20H,1,12H2,2H3/t17-,18?,20+/m0/s1. The first-order chi connectivity index (χ1) is 15.0. The van der Waals surface area contributed by atoms with Crippen molar-refractivity contribution in [2.24, 2.45) is 0 Å². The maximum absolute atomic E-state index is 12.9. The molecular formula is C22H19BrN2O3S3. The van der Waals surface area contributed by atoms with E-state index in [1.165, 1.54) is 21.6 Å². The quantitative estimate of drug-likeness (QED) is 0.122. The molecule has 0 aliphatic carbocycles. The van der Waals surface area contributed by atoms with Crippen LogP contribution < -0.4 is 0 Å². The monoisotopic (exact) mass is 534 g/mol. The van der Waals surface area contributed by atoms with Crippen molar-refractivity contribution in [3.8, 4) is 0 Å². The fourth-order valence-corrected chi connectivity index (χ4v) is 8.28. The van der Waals surface area contributed by atoms with Crippen LogP contribution in [-0.2, 0) is 20.9 Å². The Morgan fingerprint density at radius 1 is 1.26 bits per heavy atom. The van der Waals surface area contributed by atoms with Gasteiger partial charge in [0.05, 0.1) is 10.2 Å². The second kappa shape index (κ2) is 9.77. The number of likely N-dealkylation sites (tertiary alicyclic amines) is 1. The molecule has 1 unspecified atom stereocenters. The van der Waals surface area contributed by atoms with Gasteiger partial charge in [-0.1, -0.05) is 75.8 Å². The van der Waals surface area contributed by atoms with E-state index < -0.39 is 12.0 Å². The van der Waals surface area contributed by atoms with Crippen molar-refractivity contribution < 1.29 is 14.3 Å². The summed E-state index contributed by atoms with van der Waals surface area (Å²) in [6, 6.07) is 16.6. The average Bonchev–Trinajstić information content (AvgIpc) is 3.20. The molecule has 31 heavy (non-hydrogen) atoms. The molecule has 4 rings (SSSR count). The van der Waals surface area contributed by atoms with Crippen molar-refractivity contribution in [3.63, 3.8) is 0 Å². The number of rotatable bonds is 8. The molecule has 1 amide bonds. The first-order valence-electron chi connectivity index (χ1n) is 9.47. The number of para-hydroxylation sites is 1. The molecule has 9 heteroatoms. The summed E-state index contributed by atoms with van der Waals surface area (Å²) in [5.74, 6) is -0.619. The highest BCUT2D eigenvalue weighted by Crippen LogP contribution is 2.47. The summed E-state index contributed by atoms with van der Waals surface area (Å²) in [6.45, 7) is 5.84. The van der Waals surface area contributed by atoms with Gasteiger partial charge in [0, 0.05) is 0 Å². The second-order valence-corrected chi connectivity index (χ2v) is 11.6. The molecular weight excluding hydrogens is 516 g/mol. The predicted molar refractivity (Wildman–Crippen MR) is 131 cm³/mol. The van der Waals surface area contributed by atoms with Gasteiger partial charge in [-0.25, -0.2) is 9.78 Å². The molecule has 0 spiro atoms. The molecule has 2 heterocycles. The number of halogens is 1. The number of esters is 1. The van der Waals surface area contributed by atoms with Gasteiger partial charge in [0.15, 0.2) is 10.4 Å². The van der Waals surface area contributed by atoms with Crippen molar-refractivity contribution in [2.75, 3.05) is 0 Å². The van der Waals surface area contributed by atoms with Crippen LogP contribution in [0, 0.1) is 0 Å². The third kappa shape index (κ3) is 4.84. The normalized spacial score (nSPS) is 19.2. The number of fused-ring (bicyclic) bond motifs is 1. The van der Waals surface area contributed by atoms with Gasteiger partial charge in [-0.15, -0.1) is 11.3 Å². The van der Waals surface area contributed by atoms with Crippen LogP contribution in [0.15, 0.2) is 71.1 Å². The molecule has 1 aliphatic rings. The lowest BCUT2D eigenvalue weighted by atomic mass is 10.0. The van der Waals surface area contributed by atoms with E-state index in [1.807, 2.05) is 54.6 Å². The minimum Gasteiger partial charge on any atom is -0.459 e. The first-order valence-corrected chi connectivity index (χ1v) is 13.4. The molecule has 1 aliphatic heterocycles. The van der Waals surface area contributed by atoms with Crippen LogP contribution in [0.3, 0.4) is 0 Å². The smallest absolute Gasteiger partial charge is 0.333 e. The summed E-state index contributed by atoms with van der Waals surface area (Å²) >= 11 is 5.07. The number of hydrogen-bond acceptors (Lipinski definition) is 7. The maximum atomic E-state index is 12.9. The number of alkyl halides is 1. The van der Waals surface area contributed by atoms with E-state index in [2.05, 4.69) is 27.5 Å². The van der Waals surface area contributed by atoms with Gasteiger partial charge in [-0.2, -0.15) is 0 Å². The van der Waals surface area contributed by atoms with E-state index in [1.54, 1.807) is 23.2 Å². The average molecular weight is 536 g/mol. The van der Waals surface area contributed by atoms with Gasteiger partial charge < -0.3 is 9.64 Å². The van der Waals surface area contributed by atoms with Gasteiger partial charge in [-0.3, -0.25) is 4.79 Å². The number of aromatic nitrogens is 1. The number of carbonyl (C=O) groups excluding carboxylic acids is 2. The fourth-order valence-electron chi connectivity index (χ4n) is 3.15. The zero-order valence-corrected chi connectivity index (χ0v) is 20.6. The van der Waals surface area contributed by atoms with E-state index >= 15 is 0 Å². The third-order valence-corrected chi connectivity index (χ3v) is 9.97. The Kier molecular flexibility index (Phi) is 7.05. The lowest BCUT2D eigenvalue weighted by Gasteiger charge is -2.47. The largest absolute Gasteiger partial charge is 0.459 e. The number of carbonyl (C=O) groups is 2. The van der Waals surface area contributed by atoms with Gasteiger partial charge in [0.1, 0.15) is 16.8 Å². The van der Waals surface area contributed by atoms with Crippen molar-refractivity contribution in [1.29, 1.82) is 0 Å². The number of thiazole rings is 1. The number of β-lactam (4-membered cyclic amide) rings is 1. The molecule has 1 fully saturated rings. The lowest BCUT2D eigenvalue weighted by molar-refractivity contribution is -0.159. The summed E-state index contributed by atoms with van der Waals surface area (Å²) in [5.41, 5.74) is 2.42. The Morgan fingerprint density at radius 3 is 2.68 bits per heavy atom. The number of nitrogens with zero attached hydrogens (tertiary/aromatic N) is 2. The zero-order chi connectivity index (χ0) is 22.0. The Morgan fingerprint density at radius 2 is 1.97 bits per heavy atom. The molecule has 1 aromatic heterocycles. The number of ether oxygens (including phenoxy) is 1. The molecule has 0 radical (unpaired) electrons. The summed E-state index contributed by atoms with van der Waals surface area (Å²) in [6.07, 6.45) is 0. The van der Waals surface area contributed by atoms with Crippen LogP contribution in [0.5, 0.6) is 0 Å². The molecule has 2 aromatic carbocycles. The zero-order valence-electron chi connectivity index (χ0n) is 16.6. The molecule has 1 saturated heterocycles. The number of benzene rings is 2. The van der Waals surface area contributed by atoms with Crippen LogP contribution >= 0.6 is 48.9 Å². The van der Waals surface area contributed by atoms with E-state index in [9.17, 15) is 9.59 Å². The van der Waals surface area contributed by atoms with Crippen LogP contribution in [-0.4, -0.2) is 38.0 Å². The van der Waals surface area contributed by atoms with Gasteiger partial charge in [0.25, 0.3) is 0 Å². The van der Waals surface area contributed by atoms with Gasteiger partial charge in [-0.05, 0) is 41.0 Å². The Balaban J connectivity index is 1.44. The summed E-state index contributed by atoms with van der Waals surface area (Å²) in [4.78, 5) is 31.3.